The molecule has 0 fully saturated rings. The maximum atomic E-state index is 4.46. The minimum absolute atomic E-state index is 0.929. The van der Waals surface area contributed by atoms with Gasteiger partial charge in [-0.05, 0) is 36.4 Å². The molecular weight excluding hydrogens is 374 g/mol. The molecule has 4 aromatic rings. The maximum Gasteiger partial charge on any atom is 0.0796 e. The average Bonchev–Trinajstić information content (AvgIpc) is 2.70. The van der Waals surface area contributed by atoms with Crippen LogP contribution in [0.5, 0.6) is 0 Å². The summed E-state index contributed by atoms with van der Waals surface area (Å²) >= 11 is 3.31. The van der Waals surface area contributed by atoms with Crippen LogP contribution in [0.2, 0.25) is 0 Å². The second kappa shape index (κ2) is 8.85. The first-order valence-electron chi connectivity index (χ1n) is 7.81. The molecule has 0 bridgehead atoms. The minimum Gasteiger partial charge on any atom is -0.264 e. The van der Waals surface area contributed by atoms with Gasteiger partial charge in [0, 0.05) is 52.1 Å². The lowest BCUT2D eigenvalue weighted by Crippen LogP contribution is -1.89. The van der Waals surface area contributed by atoms with E-state index in [4.69, 9.17) is 0 Å². The van der Waals surface area contributed by atoms with E-state index >= 15 is 0 Å². The molecule has 0 atom stereocenters. The molecule has 4 heteroatoms. The molecule has 3 heterocycles. The van der Waals surface area contributed by atoms with Gasteiger partial charge in [0.15, 0.2) is 0 Å². The van der Waals surface area contributed by atoms with Gasteiger partial charge >= 0.3 is 0 Å². The van der Waals surface area contributed by atoms with E-state index in [0.717, 1.165) is 26.9 Å². The van der Waals surface area contributed by atoms with Gasteiger partial charge in [0.2, 0.25) is 0 Å². The second-order valence-electron chi connectivity index (χ2n) is 5.18. The third kappa shape index (κ3) is 4.81. The first kappa shape index (κ1) is 17.0. The molecule has 4 rings (SSSR count). The Morgan fingerprint density at radius 2 is 1.24 bits per heavy atom. The number of pyridine rings is 3. The Labute approximate surface area is 155 Å². The number of aromatic nitrogens is 3. The van der Waals surface area contributed by atoms with Crippen LogP contribution in [0.3, 0.4) is 0 Å². The van der Waals surface area contributed by atoms with E-state index < -0.39 is 0 Å². The first-order chi connectivity index (χ1) is 12.3. The minimum atomic E-state index is 0.929. The molecule has 0 saturated heterocycles. The van der Waals surface area contributed by atoms with Crippen molar-refractivity contribution in [1.29, 1.82) is 0 Å². The Balaban J connectivity index is 0.000000219. The Kier molecular flexibility index (Phi) is 6.01. The van der Waals surface area contributed by atoms with Crippen molar-refractivity contribution in [3.8, 4) is 22.4 Å². The van der Waals surface area contributed by atoms with E-state index in [0.29, 0.717) is 0 Å². The molecule has 0 amide bonds. The van der Waals surface area contributed by atoms with Crippen molar-refractivity contribution in [2.24, 2.45) is 0 Å². The number of hydrogen-bond acceptors (Lipinski definition) is 3. The number of halogens is 1. The summed E-state index contributed by atoms with van der Waals surface area (Å²) in [4.78, 5) is 12.8. The average molecular weight is 390 g/mol. The van der Waals surface area contributed by atoms with Gasteiger partial charge in [-0.1, -0.05) is 46.3 Å². The number of benzene rings is 1. The summed E-state index contributed by atoms with van der Waals surface area (Å²) in [7, 11) is 0. The molecule has 0 aliphatic heterocycles. The largest absolute Gasteiger partial charge is 0.264 e. The van der Waals surface area contributed by atoms with Crippen molar-refractivity contribution >= 4 is 15.9 Å². The third-order valence-electron chi connectivity index (χ3n) is 3.45. The van der Waals surface area contributed by atoms with Gasteiger partial charge in [-0.25, -0.2) is 0 Å². The highest BCUT2D eigenvalue weighted by atomic mass is 79.9. The molecule has 122 valence electrons. The van der Waals surface area contributed by atoms with Crippen molar-refractivity contribution < 1.29 is 0 Å². The molecule has 0 spiro atoms. The van der Waals surface area contributed by atoms with Crippen LogP contribution in [-0.4, -0.2) is 15.0 Å². The Morgan fingerprint density at radius 1 is 0.600 bits per heavy atom. The number of rotatable bonds is 2. The van der Waals surface area contributed by atoms with E-state index in [-0.39, 0.29) is 0 Å². The molecular formula is C21H16BrN3. The normalized spacial score (nSPS) is 9.80. The van der Waals surface area contributed by atoms with Crippen LogP contribution < -0.4 is 0 Å². The zero-order valence-electron chi connectivity index (χ0n) is 13.5. The number of nitrogens with zero attached hydrogens (tertiary/aromatic N) is 3. The number of hydrogen-bond donors (Lipinski definition) is 0. The summed E-state index contributed by atoms with van der Waals surface area (Å²) in [6.45, 7) is 0. The highest BCUT2D eigenvalue weighted by molar-refractivity contribution is 9.10. The van der Waals surface area contributed by atoms with Crippen LogP contribution in [0, 0.1) is 0 Å². The molecule has 3 aromatic heterocycles. The van der Waals surface area contributed by atoms with Crippen molar-refractivity contribution in [1.82, 2.24) is 15.0 Å². The molecule has 25 heavy (non-hydrogen) atoms. The fourth-order valence-corrected chi connectivity index (χ4v) is 2.61. The predicted octanol–water partition coefficient (Wildman–Crippen LogP) is 5.65. The maximum absolute atomic E-state index is 4.46. The van der Waals surface area contributed by atoms with Gasteiger partial charge in [-0.2, -0.15) is 0 Å². The van der Waals surface area contributed by atoms with Gasteiger partial charge in [0.1, 0.15) is 0 Å². The summed E-state index contributed by atoms with van der Waals surface area (Å²) < 4.78 is 1.13. The summed E-state index contributed by atoms with van der Waals surface area (Å²) in [5.74, 6) is 0. The molecule has 0 unspecified atom stereocenters. The Morgan fingerprint density at radius 3 is 1.80 bits per heavy atom. The summed E-state index contributed by atoms with van der Waals surface area (Å²) in [6, 6.07) is 21.8. The smallest absolute Gasteiger partial charge is 0.0796 e. The first-order valence-corrected chi connectivity index (χ1v) is 8.60. The van der Waals surface area contributed by atoms with Crippen LogP contribution in [0.25, 0.3) is 22.4 Å². The monoisotopic (exact) mass is 389 g/mol. The predicted molar refractivity (Wildman–Crippen MR) is 105 cm³/mol. The highest BCUT2D eigenvalue weighted by Crippen LogP contribution is 2.28. The quantitative estimate of drug-likeness (QED) is 0.444. The molecule has 1 aromatic carbocycles. The van der Waals surface area contributed by atoms with E-state index in [2.05, 4.69) is 30.9 Å². The van der Waals surface area contributed by atoms with Gasteiger partial charge in [-0.15, -0.1) is 0 Å². The summed E-state index contributed by atoms with van der Waals surface area (Å²) in [5.41, 5.74) is 4.07. The van der Waals surface area contributed by atoms with Crippen LogP contribution >= 0.6 is 15.9 Å². The van der Waals surface area contributed by atoms with Crippen molar-refractivity contribution in [2.75, 3.05) is 0 Å². The lowest BCUT2D eigenvalue weighted by atomic mass is 10.0. The van der Waals surface area contributed by atoms with E-state index in [1.165, 1.54) is 0 Å². The summed E-state index contributed by atoms with van der Waals surface area (Å²) in [6.07, 6.45) is 8.99. The molecule has 0 aliphatic rings. The van der Waals surface area contributed by atoms with Crippen LogP contribution in [0.15, 0.2) is 102 Å². The van der Waals surface area contributed by atoms with E-state index in [1.807, 2.05) is 79.1 Å². The molecule has 0 aliphatic carbocycles. The van der Waals surface area contributed by atoms with E-state index in [1.54, 1.807) is 18.6 Å². The summed E-state index contributed by atoms with van der Waals surface area (Å²) in [5, 5.41) is 0. The third-order valence-corrected chi connectivity index (χ3v) is 3.98. The lowest BCUT2D eigenvalue weighted by molar-refractivity contribution is 1.27. The van der Waals surface area contributed by atoms with Crippen LogP contribution in [-0.2, 0) is 0 Å². The topological polar surface area (TPSA) is 38.7 Å². The fraction of sp³-hybridized carbons (Fsp3) is 0. The van der Waals surface area contributed by atoms with E-state index in [9.17, 15) is 0 Å². The second-order valence-corrected chi connectivity index (χ2v) is 6.09. The Hall–Kier alpha value is -2.85. The van der Waals surface area contributed by atoms with Crippen LogP contribution in [0.1, 0.15) is 0 Å². The van der Waals surface area contributed by atoms with Crippen LogP contribution in [0.4, 0.5) is 0 Å². The molecule has 0 radical (unpaired) electrons. The van der Waals surface area contributed by atoms with Gasteiger partial charge in [0.25, 0.3) is 0 Å². The zero-order chi connectivity index (χ0) is 17.3. The van der Waals surface area contributed by atoms with Crippen molar-refractivity contribution in [3.05, 3.63) is 102 Å². The van der Waals surface area contributed by atoms with Gasteiger partial charge < -0.3 is 0 Å². The van der Waals surface area contributed by atoms with Crippen molar-refractivity contribution in [3.63, 3.8) is 0 Å². The zero-order valence-corrected chi connectivity index (χ0v) is 15.0. The highest BCUT2D eigenvalue weighted by Gasteiger charge is 2.07. The van der Waals surface area contributed by atoms with Gasteiger partial charge in [-0.3, -0.25) is 15.0 Å². The lowest BCUT2D eigenvalue weighted by Gasteiger charge is -2.07. The molecule has 3 nitrogen and oxygen atoms in total. The standard InChI is InChI=1S/C15H11N3.C6H5Br/c1-4-12(10-16-7-1)14-6-3-9-18-15(14)13-5-2-8-17-11-13;7-6-4-2-1-3-5-6/h1-11H;1-5H. The van der Waals surface area contributed by atoms with Gasteiger partial charge in [0.05, 0.1) is 5.69 Å². The SMILES string of the molecule is Brc1ccccc1.c1cncc(-c2cccnc2-c2cccnc2)c1. The molecule has 0 saturated carbocycles. The van der Waals surface area contributed by atoms with Crippen molar-refractivity contribution in [2.45, 2.75) is 0 Å². The Bertz CT molecular complexity index is 839. The fourth-order valence-electron chi connectivity index (χ4n) is 2.31. The molecule has 0 N–H and O–H groups in total.